The third kappa shape index (κ3) is 0.867. The summed E-state index contributed by atoms with van der Waals surface area (Å²) < 4.78 is 0. The van der Waals surface area contributed by atoms with Crippen LogP contribution in [0.4, 0.5) is 0 Å². The number of hydrogen-bond donors (Lipinski definition) is 2. The van der Waals surface area contributed by atoms with Crippen LogP contribution in [0.25, 0.3) is 0 Å². The van der Waals surface area contributed by atoms with Gasteiger partial charge in [0.05, 0.1) is 11.7 Å². The van der Waals surface area contributed by atoms with Crippen molar-refractivity contribution in [3.05, 3.63) is 0 Å². The lowest BCUT2D eigenvalue weighted by Gasteiger charge is -2.32. The monoisotopic (exact) mass is 142 g/mol. The van der Waals surface area contributed by atoms with Crippen LogP contribution in [-0.4, -0.2) is 21.9 Å². The highest BCUT2D eigenvalue weighted by Gasteiger charge is 2.50. The average Bonchev–Trinajstić information content (AvgIpc) is 2.44. The summed E-state index contributed by atoms with van der Waals surface area (Å²) in [6.45, 7) is 1.74. The fraction of sp³-hybridized carbons (Fsp3) is 1.00. The first kappa shape index (κ1) is 6.62. The molecule has 2 aliphatic rings. The first-order valence-corrected chi connectivity index (χ1v) is 4.00. The van der Waals surface area contributed by atoms with Crippen LogP contribution in [0.1, 0.15) is 26.2 Å². The summed E-state index contributed by atoms with van der Waals surface area (Å²) in [5.41, 5.74) is -0.794. The molecule has 0 radical (unpaired) electrons. The zero-order chi connectivity index (χ0) is 7.35. The van der Waals surface area contributed by atoms with Crippen molar-refractivity contribution in [3.63, 3.8) is 0 Å². The highest BCUT2D eigenvalue weighted by atomic mass is 16.3. The number of aliphatic hydroxyl groups excluding tert-OH is 1. The van der Waals surface area contributed by atoms with Gasteiger partial charge in [-0.15, -0.1) is 0 Å². The van der Waals surface area contributed by atoms with Crippen LogP contribution < -0.4 is 0 Å². The van der Waals surface area contributed by atoms with Crippen LogP contribution in [0.2, 0.25) is 0 Å². The molecule has 2 heteroatoms. The molecule has 10 heavy (non-hydrogen) atoms. The number of hydrogen-bond acceptors (Lipinski definition) is 2. The third-order valence-corrected chi connectivity index (χ3v) is 2.99. The summed E-state index contributed by atoms with van der Waals surface area (Å²) in [5, 5.41) is 19.0. The Labute approximate surface area is 60.9 Å². The van der Waals surface area contributed by atoms with Gasteiger partial charge >= 0.3 is 0 Å². The van der Waals surface area contributed by atoms with Crippen molar-refractivity contribution in [1.29, 1.82) is 0 Å². The molecule has 2 aliphatic carbocycles. The fourth-order valence-electron chi connectivity index (χ4n) is 2.06. The first-order chi connectivity index (χ1) is 4.59. The Morgan fingerprint density at radius 2 is 2.00 bits per heavy atom. The molecule has 58 valence electrons. The summed E-state index contributed by atoms with van der Waals surface area (Å²) >= 11 is 0. The molecular weight excluding hydrogens is 128 g/mol. The fourth-order valence-corrected chi connectivity index (χ4v) is 2.06. The van der Waals surface area contributed by atoms with Crippen molar-refractivity contribution in [2.75, 3.05) is 0 Å². The molecule has 0 heterocycles. The van der Waals surface area contributed by atoms with E-state index in [4.69, 9.17) is 0 Å². The molecule has 0 aliphatic heterocycles. The second kappa shape index (κ2) is 1.74. The molecule has 0 aromatic rings. The minimum absolute atomic E-state index is 0.476. The predicted octanol–water partition coefficient (Wildman–Crippen LogP) is 0.528. The van der Waals surface area contributed by atoms with E-state index in [1.165, 1.54) is 6.42 Å². The Morgan fingerprint density at radius 3 is 2.60 bits per heavy atom. The minimum Gasteiger partial charge on any atom is -0.390 e. The summed E-state index contributed by atoms with van der Waals surface area (Å²) in [6, 6.07) is 0. The smallest absolute Gasteiger partial charge is 0.0880 e. The molecule has 0 aromatic heterocycles. The molecule has 2 saturated carbocycles. The Morgan fingerprint density at radius 1 is 1.30 bits per heavy atom. The van der Waals surface area contributed by atoms with Crippen molar-refractivity contribution in [2.45, 2.75) is 37.9 Å². The molecule has 2 nitrogen and oxygen atoms in total. The zero-order valence-corrected chi connectivity index (χ0v) is 6.25. The highest BCUT2D eigenvalue weighted by molar-refractivity contribution is 5.01. The SMILES string of the molecule is C[C@@]1(O)C[C@@H]2C[C@@H]2C[C@H]1O. The summed E-state index contributed by atoms with van der Waals surface area (Å²) in [7, 11) is 0. The molecule has 0 spiro atoms. The second-order valence-corrected chi connectivity index (χ2v) is 4.07. The standard InChI is InChI=1S/C8H14O2/c1-8(10)4-6-2-5(6)3-7(8)9/h5-7,9-10H,2-4H2,1H3/t5-,6+,7-,8-/m1/s1. The van der Waals surface area contributed by atoms with Gasteiger partial charge in [0.2, 0.25) is 0 Å². The predicted molar refractivity (Wildman–Crippen MR) is 37.5 cm³/mol. The van der Waals surface area contributed by atoms with Crippen molar-refractivity contribution in [2.24, 2.45) is 11.8 Å². The van der Waals surface area contributed by atoms with E-state index in [2.05, 4.69) is 0 Å². The lowest BCUT2D eigenvalue weighted by molar-refractivity contribution is -0.0892. The Bertz CT molecular complexity index is 153. The molecule has 0 saturated heterocycles. The van der Waals surface area contributed by atoms with Gasteiger partial charge in [0.25, 0.3) is 0 Å². The van der Waals surface area contributed by atoms with Crippen molar-refractivity contribution < 1.29 is 10.2 Å². The number of rotatable bonds is 0. The van der Waals surface area contributed by atoms with Crippen molar-refractivity contribution >= 4 is 0 Å². The molecule has 0 aromatic carbocycles. The van der Waals surface area contributed by atoms with E-state index in [1.54, 1.807) is 6.92 Å². The van der Waals surface area contributed by atoms with E-state index in [9.17, 15) is 10.2 Å². The average molecular weight is 142 g/mol. The van der Waals surface area contributed by atoms with Gasteiger partial charge in [-0.2, -0.15) is 0 Å². The summed E-state index contributed by atoms with van der Waals surface area (Å²) in [6.07, 6.45) is 2.38. The maximum absolute atomic E-state index is 9.59. The van der Waals surface area contributed by atoms with E-state index in [-0.39, 0.29) is 0 Å². The maximum atomic E-state index is 9.59. The molecule has 0 amide bonds. The minimum atomic E-state index is -0.794. The Kier molecular flexibility index (Phi) is 1.15. The molecular formula is C8H14O2. The van der Waals surface area contributed by atoms with Crippen LogP contribution >= 0.6 is 0 Å². The molecule has 0 unspecified atom stereocenters. The van der Waals surface area contributed by atoms with E-state index in [1.807, 2.05) is 0 Å². The van der Waals surface area contributed by atoms with Crippen LogP contribution in [0, 0.1) is 11.8 Å². The summed E-state index contributed by atoms with van der Waals surface area (Å²) in [5.74, 6) is 1.45. The molecule has 2 rings (SSSR count). The van der Waals surface area contributed by atoms with E-state index < -0.39 is 11.7 Å². The van der Waals surface area contributed by atoms with Gasteiger partial charge in [-0.3, -0.25) is 0 Å². The van der Waals surface area contributed by atoms with Crippen LogP contribution in [0.15, 0.2) is 0 Å². The van der Waals surface area contributed by atoms with Crippen LogP contribution in [-0.2, 0) is 0 Å². The lowest BCUT2D eigenvalue weighted by Crippen LogP contribution is -2.42. The molecule has 2 N–H and O–H groups in total. The van der Waals surface area contributed by atoms with E-state index >= 15 is 0 Å². The van der Waals surface area contributed by atoms with Crippen molar-refractivity contribution in [3.8, 4) is 0 Å². The van der Waals surface area contributed by atoms with Gasteiger partial charge < -0.3 is 10.2 Å². The normalized spacial score (nSPS) is 59.7. The third-order valence-electron chi connectivity index (χ3n) is 2.99. The quantitative estimate of drug-likeness (QED) is 0.518. The Balaban J connectivity index is 2.08. The number of fused-ring (bicyclic) bond motifs is 1. The van der Waals surface area contributed by atoms with Crippen molar-refractivity contribution in [1.82, 2.24) is 0 Å². The van der Waals surface area contributed by atoms with Gasteiger partial charge in [-0.25, -0.2) is 0 Å². The largest absolute Gasteiger partial charge is 0.390 e. The molecule has 0 bridgehead atoms. The topological polar surface area (TPSA) is 40.5 Å². The summed E-state index contributed by atoms with van der Waals surface area (Å²) in [4.78, 5) is 0. The Hall–Kier alpha value is -0.0800. The van der Waals surface area contributed by atoms with Crippen LogP contribution in [0.5, 0.6) is 0 Å². The second-order valence-electron chi connectivity index (χ2n) is 4.07. The number of aliphatic hydroxyl groups is 2. The molecule has 2 fully saturated rings. The maximum Gasteiger partial charge on any atom is 0.0880 e. The molecule has 4 atom stereocenters. The van der Waals surface area contributed by atoms with Gasteiger partial charge in [-0.1, -0.05) is 0 Å². The van der Waals surface area contributed by atoms with Gasteiger partial charge in [0.15, 0.2) is 0 Å². The lowest BCUT2D eigenvalue weighted by atomic mass is 9.84. The zero-order valence-electron chi connectivity index (χ0n) is 6.25. The van der Waals surface area contributed by atoms with E-state index in [0.29, 0.717) is 0 Å². The first-order valence-electron chi connectivity index (χ1n) is 4.00. The van der Waals surface area contributed by atoms with E-state index in [0.717, 1.165) is 24.7 Å². The van der Waals surface area contributed by atoms with Gasteiger partial charge in [0, 0.05) is 0 Å². The van der Waals surface area contributed by atoms with Crippen LogP contribution in [0.3, 0.4) is 0 Å². The highest BCUT2D eigenvalue weighted by Crippen LogP contribution is 2.52. The van der Waals surface area contributed by atoms with Gasteiger partial charge in [-0.05, 0) is 38.0 Å². The van der Waals surface area contributed by atoms with Gasteiger partial charge in [0.1, 0.15) is 0 Å².